The van der Waals surface area contributed by atoms with Crippen LogP contribution in [0.4, 0.5) is 0 Å². The molecule has 0 aliphatic heterocycles. The summed E-state index contributed by atoms with van der Waals surface area (Å²) < 4.78 is 34.9. The van der Waals surface area contributed by atoms with Crippen LogP contribution in [0.2, 0.25) is 0 Å². The van der Waals surface area contributed by atoms with E-state index < -0.39 is 10.4 Å². The summed E-state index contributed by atoms with van der Waals surface area (Å²) in [7, 11) is -4.27. The van der Waals surface area contributed by atoms with Gasteiger partial charge in [0.1, 0.15) is 0 Å². The minimum Gasteiger partial charge on any atom is -0.264 e. The highest BCUT2D eigenvalue weighted by Gasteiger charge is 2.37. The molecule has 0 aromatic carbocycles. The van der Waals surface area contributed by atoms with E-state index in [1.165, 1.54) is 19.3 Å². The van der Waals surface area contributed by atoms with Crippen LogP contribution in [0.1, 0.15) is 44.9 Å². The molecule has 2 fully saturated rings. The number of hydrogen-bond donors (Lipinski definition) is 1. The minimum atomic E-state index is -4.27. The Morgan fingerprint density at radius 1 is 1.00 bits per heavy atom. The summed E-state index contributed by atoms with van der Waals surface area (Å²) in [6.07, 6.45) is 7.34. The molecule has 0 heterocycles. The van der Waals surface area contributed by atoms with Crippen molar-refractivity contribution >= 4 is 10.4 Å². The van der Waals surface area contributed by atoms with E-state index >= 15 is 0 Å². The lowest BCUT2D eigenvalue weighted by Gasteiger charge is -2.40. The zero-order chi connectivity index (χ0) is 10.9. The molecule has 15 heavy (non-hydrogen) atoms. The fourth-order valence-electron chi connectivity index (χ4n) is 3.16. The molecule has 5 heteroatoms. The number of hydrogen-bond acceptors (Lipinski definition) is 3. The Kier molecular flexibility index (Phi) is 3.33. The Labute approximate surface area is 91.0 Å². The third kappa shape index (κ3) is 2.92. The van der Waals surface area contributed by atoms with E-state index in [0.29, 0.717) is 11.8 Å². The second-order valence-corrected chi connectivity index (χ2v) is 5.75. The first-order chi connectivity index (χ1) is 7.06. The Morgan fingerprint density at radius 2 is 1.67 bits per heavy atom. The van der Waals surface area contributed by atoms with Crippen LogP contribution in [0.3, 0.4) is 0 Å². The van der Waals surface area contributed by atoms with Gasteiger partial charge >= 0.3 is 10.4 Å². The highest BCUT2D eigenvalue weighted by Crippen LogP contribution is 2.42. The Bertz CT molecular complexity index is 309. The molecule has 0 aromatic heterocycles. The molecule has 2 rings (SSSR count). The molecule has 3 unspecified atom stereocenters. The summed E-state index contributed by atoms with van der Waals surface area (Å²) in [5, 5.41) is 0. The van der Waals surface area contributed by atoms with Gasteiger partial charge in [-0.1, -0.05) is 25.7 Å². The van der Waals surface area contributed by atoms with Crippen LogP contribution in [0.15, 0.2) is 0 Å². The average Bonchev–Trinajstić information content (AvgIpc) is 2.16. The number of fused-ring (bicyclic) bond motifs is 1. The van der Waals surface area contributed by atoms with Crippen LogP contribution < -0.4 is 0 Å². The molecule has 2 aliphatic carbocycles. The van der Waals surface area contributed by atoms with Gasteiger partial charge in [0.05, 0.1) is 6.10 Å². The summed E-state index contributed by atoms with van der Waals surface area (Å²) in [5.41, 5.74) is 0. The minimum absolute atomic E-state index is 0.279. The summed E-state index contributed by atoms with van der Waals surface area (Å²) >= 11 is 0. The van der Waals surface area contributed by atoms with Crippen molar-refractivity contribution in [2.75, 3.05) is 0 Å². The van der Waals surface area contributed by atoms with E-state index in [1.807, 2.05) is 0 Å². The van der Waals surface area contributed by atoms with E-state index in [2.05, 4.69) is 0 Å². The maximum absolute atomic E-state index is 10.7. The molecule has 88 valence electrons. The predicted molar refractivity (Wildman–Crippen MR) is 55.7 cm³/mol. The topological polar surface area (TPSA) is 63.6 Å². The molecule has 3 atom stereocenters. The van der Waals surface area contributed by atoms with Crippen LogP contribution in [0.5, 0.6) is 0 Å². The van der Waals surface area contributed by atoms with Gasteiger partial charge in [0, 0.05) is 0 Å². The molecule has 4 nitrogen and oxygen atoms in total. The van der Waals surface area contributed by atoms with Crippen molar-refractivity contribution in [3.05, 3.63) is 0 Å². The maximum atomic E-state index is 10.7. The zero-order valence-electron chi connectivity index (χ0n) is 8.76. The van der Waals surface area contributed by atoms with Gasteiger partial charge in [-0.2, -0.15) is 8.42 Å². The standard InChI is InChI=1S/C10H18O4S/c11-15(12,13)14-10-7-3-5-8-4-1-2-6-9(8)10/h8-10H,1-7H2,(H,11,12,13). The summed E-state index contributed by atoms with van der Waals surface area (Å²) in [6.45, 7) is 0. The SMILES string of the molecule is O=S(=O)(O)OC1CCCC2CCCCC21. The normalized spacial score (nSPS) is 37.3. The zero-order valence-corrected chi connectivity index (χ0v) is 9.58. The first kappa shape index (κ1) is 11.4. The summed E-state index contributed by atoms with van der Waals surface area (Å²) in [6, 6.07) is 0. The van der Waals surface area contributed by atoms with Gasteiger partial charge in [-0.05, 0) is 31.1 Å². The molecule has 0 radical (unpaired) electrons. The fourth-order valence-corrected chi connectivity index (χ4v) is 3.71. The van der Waals surface area contributed by atoms with Gasteiger partial charge in [-0.3, -0.25) is 4.55 Å². The lowest BCUT2D eigenvalue weighted by atomic mass is 9.69. The van der Waals surface area contributed by atoms with Crippen molar-refractivity contribution in [1.82, 2.24) is 0 Å². The second-order valence-electron chi connectivity index (χ2n) is 4.70. The lowest BCUT2D eigenvalue weighted by molar-refractivity contribution is 0.0248. The second kappa shape index (κ2) is 4.39. The summed E-state index contributed by atoms with van der Waals surface area (Å²) in [4.78, 5) is 0. The van der Waals surface area contributed by atoms with Crippen LogP contribution in [-0.4, -0.2) is 19.1 Å². The fraction of sp³-hybridized carbons (Fsp3) is 1.00. The molecular formula is C10H18O4S. The maximum Gasteiger partial charge on any atom is 0.397 e. The van der Waals surface area contributed by atoms with E-state index in [9.17, 15) is 8.42 Å². The first-order valence-electron chi connectivity index (χ1n) is 5.72. The Hall–Kier alpha value is -0.130. The van der Waals surface area contributed by atoms with Gasteiger partial charge in [-0.25, -0.2) is 4.18 Å². The lowest BCUT2D eigenvalue weighted by Crippen LogP contribution is -2.37. The molecule has 2 aliphatic rings. The molecule has 0 amide bonds. The number of rotatable bonds is 2. The van der Waals surface area contributed by atoms with Crippen molar-refractivity contribution in [3.63, 3.8) is 0 Å². The Morgan fingerprint density at radius 3 is 2.40 bits per heavy atom. The van der Waals surface area contributed by atoms with Crippen LogP contribution in [-0.2, 0) is 14.6 Å². The van der Waals surface area contributed by atoms with Gasteiger partial charge in [-0.15, -0.1) is 0 Å². The van der Waals surface area contributed by atoms with Gasteiger partial charge < -0.3 is 0 Å². The first-order valence-corrected chi connectivity index (χ1v) is 7.08. The average molecular weight is 234 g/mol. The molecule has 0 aromatic rings. The van der Waals surface area contributed by atoms with Crippen molar-refractivity contribution in [3.8, 4) is 0 Å². The quantitative estimate of drug-likeness (QED) is 0.744. The molecule has 0 saturated heterocycles. The van der Waals surface area contributed by atoms with Gasteiger partial charge in [0.15, 0.2) is 0 Å². The highest BCUT2D eigenvalue weighted by atomic mass is 32.3. The smallest absolute Gasteiger partial charge is 0.264 e. The van der Waals surface area contributed by atoms with E-state index in [1.54, 1.807) is 0 Å². The van der Waals surface area contributed by atoms with Crippen LogP contribution in [0.25, 0.3) is 0 Å². The van der Waals surface area contributed by atoms with Crippen molar-refractivity contribution in [2.45, 2.75) is 51.0 Å². The summed E-state index contributed by atoms with van der Waals surface area (Å²) in [5.74, 6) is 0.952. The molecule has 2 saturated carbocycles. The van der Waals surface area contributed by atoms with Gasteiger partial charge in [0.25, 0.3) is 0 Å². The predicted octanol–water partition coefficient (Wildman–Crippen LogP) is 2.16. The van der Waals surface area contributed by atoms with E-state index in [4.69, 9.17) is 8.74 Å². The molecule has 1 N–H and O–H groups in total. The van der Waals surface area contributed by atoms with E-state index in [-0.39, 0.29) is 6.10 Å². The van der Waals surface area contributed by atoms with Crippen LogP contribution >= 0.6 is 0 Å². The monoisotopic (exact) mass is 234 g/mol. The third-order valence-corrected chi connectivity index (χ3v) is 4.24. The van der Waals surface area contributed by atoms with Crippen LogP contribution in [0, 0.1) is 11.8 Å². The van der Waals surface area contributed by atoms with Crippen molar-refractivity contribution in [2.24, 2.45) is 11.8 Å². The largest absolute Gasteiger partial charge is 0.397 e. The Balaban J connectivity index is 2.03. The van der Waals surface area contributed by atoms with Crippen molar-refractivity contribution in [1.29, 1.82) is 0 Å². The third-order valence-electron chi connectivity index (χ3n) is 3.75. The van der Waals surface area contributed by atoms with E-state index in [0.717, 1.165) is 25.7 Å². The van der Waals surface area contributed by atoms with Gasteiger partial charge in [0.2, 0.25) is 0 Å². The molecule has 0 bridgehead atoms. The molecule has 0 spiro atoms. The molecular weight excluding hydrogens is 216 g/mol. The van der Waals surface area contributed by atoms with Crippen molar-refractivity contribution < 1.29 is 17.2 Å². The highest BCUT2D eigenvalue weighted by molar-refractivity contribution is 7.80.